The van der Waals surface area contributed by atoms with E-state index < -0.39 is 22.4 Å². The third-order valence-electron chi connectivity index (χ3n) is 4.19. The van der Waals surface area contributed by atoms with Gasteiger partial charge in [0.25, 0.3) is 11.2 Å². The van der Waals surface area contributed by atoms with E-state index in [0.717, 1.165) is 22.1 Å². The summed E-state index contributed by atoms with van der Waals surface area (Å²) in [5, 5.41) is 22.1. The van der Waals surface area contributed by atoms with Crippen molar-refractivity contribution in [3.8, 4) is 5.82 Å². The van der Waals surface area contributed by atoms with Gasteiger partial charge < -0.3 is 5.32 Å². The Morgan fingerprint density at radius 2 is 1.93 bits per heavy atom. The number of nitro benzene ring substituents is 1. The number of amides is 1. The first-order valence-corrected chi connectivity index (χ1v) is 8.93. The van der Waals surface area contributed by atoms with E-state index in [2.05, 4.69) is 15.5 Å². The van der Waals surface area contributed by atoms with Crippen molar-refractivity contribution in [2.75, 3.05) is 5.32 Å². The van der Waals surface area contributed by atoms with Crippen molar-refractivity contribution in [2.24, 2.45) is 0 Å². The molecular formula is C18H17ClN6O4. The number of hydrogen-bond donors (Lipinski definition) is 1. The average Bonchev–Trinajstić information content (AvgIpc) is 3.01. The minimum Gasteiger partial charge on any atom is -0.324 e. The Balaban J connectivity index is 1.89. The number of carbonyl (C=O) groups is 1. The molecule has 1 atom stereocenters. The summed E-state index contributed by atoms with van der Waals surface area (Å²) in [6, 6.07) is 7.60. The molecule has 29 heavy (non-hydrogen) atoms. The summed E-state index contributed by atoms with van der Waals surface area (Å²) in [7, 11) is 0. The molecule has 150 valence electrons. The lowest BCUT2D eigenvalue weighted by Crippen LogP contribution is -2.33. The molecule has 0 aliphatic carbocycles. The highest BCUT2D eigenvalue weighted by Gasteiger charge is 2.20. The largest absolute Gasteiger partial charge is 0.324 e. The van der Waals surface area contributed by atoms with E-state index in [-0.39, 0.29) is 16.4 Å². The molecule has 1 unspecified atom stereocenters. The standard InChI is InChI=1S/C18H17ClN6O4/c1-10-8-11(2)23(21-10)16-6-7-17(26)24(22-16)12(3)18(27)20-13-4-5-14(19)15(9-13)25(28)29/h4-9,12H,1-3H3,(H,20,27). The van der Waals surface area contributed by atoms with Crippen LogP contribution in [0.1, 0.15) is 24.4 Å². The third kappa shape index (κ3) is 4.16. The first-order chi connectivity index (χ1) is 13.7. The van der Waals surface area contributed by atoms with Crippen LogP contribution in [-0.4, -0.2) is 30.4 Å². The molecule has 0 bridgehead atoms. The van der Waals surface area contributed by atoms with Crippen LogP contribution in [0.3, 0.4) is 0 Å². The van der Waals surface area contributed by atoms with Gasteiger partial charge in [-0.15, -0.1) is 5.10 Å². The summed E-state index contributed by atoms with van der Waals surface area (Å²) in [5.41, 5.74) is 0.989. The van der Waals surface area contributed by atoms with Crippen molar-refractivity contribution >= 4 is 28.9 Å². The molecule has 0 fully saturated rings. The van der Waals surface area contributed by atoms with E-state index in [0.29, 0.717) is 5.82 Å². The molecule has 0 spiro atoms. The number of carbonyl (C=O) groups excluding carboxylic acids is 1. The van der Waals surface area contributed by atoms with Gasteiger partial charge in [-0.2, -0.15) is 5.10 Å². The molecule has 11 heteroatoms. The zero-order valence-electron chi connectivity index (χ0n) is 15.8. The first kappa shape index (κ1) is 20.2. The van der Waals surface area contributed by atoms with Crippen LogP contribution in [0.25, 0.3) is 5.82 Å². The number of nitrogens with zero attached hydrogens (tertiary/aromatic N) is 5. The van der Waals surface area contributed by atoms with E-state index in [1.165, 1.54) is 31.2 Å². The monoisotopic (exact) mass is 416 g/mol. The minimum atomic E-state index is -0.978. The number of nitrogens with one attached hydrogen (secondary N) is 1. The van der Waals surface area contributed by atoms with Gasteiger partial charge in [0.1, 0.15) is 11.1 Å². The second-order valence-electron chi connectivity index (χ2n) is 6.40. The summed E-state index contributed by atoms with van der Waals surface area (Å²) < 4.78 is 2.60. The molecule has 3 aromatic rings. The molecule has 0 saturated carbocycles. The molecule has 2 heterocycles. The van der Waals surface area contributed by atoms with Gasteiger partial charge in [-0.3, -0.25) is 19.7 Å². The van der Waals surface area contributed by atoms with Crippen LogP contribution in [0, 0.1) is 24.0 Å². The number of nitro groups is 1. The molecule has 10 nitrogen and oxygen atoms in total. The molecule has 0 aliphatic heterocycles. The van der Waals surface area contributed by atoms with Gasteiger partial charge >= 0.3 is 0 Å². The Morgan fingerprint density at radius 1 is 1.21 bits per heavy atom. The van der Waals surface area contributed by atoms with E-state index in [1.54, 1.807) is 4.68 Å². The molecule has 0 aliphatic rings. The Labute approximate surface area is 169 Å². The maximum atomic E-state index is 12.6. The number of halogens is 1. The smallest absolute Gasteiger partial charge is 0.289 e. The van der Waals surface area contributed by atoms with E-state index >= 15 is 0 Å². The molecule has 2 aromatic heterocycles. The lowest BCUT2D eigenvalue weighted by molar-refractivity contribution is -0.384. The Kier molecular flexibility index (Phi) is 5.46. The van der Waals surface area contributed by atoms with Crippen LogP contribution in [0.2, 0.25) is 5.02 Å². The zero-order valence-corrected chi connectivity index (χ0v) is 16.5. The number of aromatic nitrogens is 4. The Morgan fingerprint density at radius 3 is 2.55 bits per heavy atom. The second kappa shape index (κ2) is 7.84. The fourth-order valence-electron chi connectivity index (χ4n) is 2.75. The van der Waals surface area contributed by atoms with Crippen LogP contribution in [0.5, 0.6) is 0 Å². The van der Waals surface area contributed by atoms with Crippen molar-refractivity contribution in [3.63, 3.8) is 0 Å². The molecule has 1 aromatic carbocycles. The summed E-state index contributed by atoms with van der Waals surface area (Å²) in [5.74, 6) is -0.182. The number of benzene rings is 1. The summed E-state index contributed by atoms with van der Waals surface area (Å²) >= 11 is 5.78. The van der Waals surface area contributed by atoms with Crippen molar-refractivity contribution in [3.05, 3.63) is 73.3 Å². The van der Waals surface area contributed by atoms with E-state index in [9.17, 15) is 19.7 Å². The van der Waals surface area contributed by atoms with Gasteiger partial charge in [0.05, 0.1) is 10.6 Å². The predicted octanol–water partition coefficient (Wildman–Crippen LogP) is 2.81. The first-order valence-electron chi connectivity index (χ1n) is 8.55. The minimum absolute atomic E-state index is 0.0449. The van der Waals surface area contributed by atoms with Gasteiger partial charge in [-0.25, -0.2) is 9.36 Å². The Bertz CT molecular complexity index is 1170. The average molecular weight is 417 g/mol. The number of anilines is 1. The highest BCUT2D eigenvalue weighted by atomic mass is 35.5. The van der Waals surface area contributed by atoms with E-state index in [4.69, 9.17) is 11.6 Å². The number of rotatable bonds is 5. The van der Waals surface area contributed by atoms with Gasteiger partial charge in [-0.05, 0) is 45.0 Å². The zero-order chi connectivity index (χ0) is 21.3. The number of hydrogen-bond acceptors (Lipinski definition) is 6. The summed E-state index contributed by atoms with van der Waals surface area (Å²) in [6.45, 7) is 5.18. The van der Waals surface area contributed by atoms with E-state index in [1.807, 2.05) is 19.9 Å². The fourth-order valence-corrected chi connectivity index (χ4v) is 2.94. The molecule has 0 radical (unpaired) electrons. The van der Waals surface area contributed by atoms with Crippen molar-refractivity contribution in [1.29, 1.82) is 0 Å². The van der Waals surface area contributed by atoms with Crippen LogP contribution in [0.4, 0.5) is 11.4 Å². The van der Waals surface area contributed by atoms with Gasteiger partial charge in [0.15, 0.2) is 5.82 Å². The van der Waals surface area contributed by atoms with Gasteiger partial charge in [0.2, 0.25) is 5.91 Å². The van der Waals surface area contributed by atoms with Gasteiger partial charge in [0, 0.05) is 23.5 Å². The van der Waals surface area contributed by atoms with Crippen molar-refractivity contribution < 1.29 is 9.72 Å². The van der Waals surface area contributed by atoms with Crippen LogP contribution < -0.4 is 10.9 Å². The normalized spacial score (nSPS) is 11.9. The fraction of sp³-hybridized carbons (Fsp3) is 0.222. The SMILES string of the molecule is Cc1cc(C)n(-c2ccc(=O)n(C(C)C(=O)Nc3ccc(Cl)c([N+](=O)[O-])c3)n2)n1. The molecule has 1 amide bonds. The summed E-state index contributed by atoms with van der Waals surface area (Å²) in [6.07, 6.45) is 0. The predicted molar refractivity (Wildman–Crippen MR) is 107 cm³/mol. The number of aryl methyl sites for hydroxylation is 2. The lowest BCUT2D eigenvalue weighted by atomic mass is 10.2. The maximum absolute atomic E-state index is 12.6. The molecular weight excluding hydrogens is 400 g/mol. The highest BCUT2D eigenvalue weighted by molar-refractivity contribution is 6.32. The summed E-state index contributed by atoms with van der Waals surface area (Å²) in [4.78, 5) is 35.2. The lowest BCUT2D eigenvalue weighted by Gasteiger charge is -2.15. The molecule has 0 saturated heterocycles. The van der Waals surface area contributed by atoms with Crippen LogP contribution in [0.15, 0.2) is 41.2 Å². The van der Waals surface area contributed by atoms with Crippen molar-refractivity contribution in [2.45, 2.75) is 26.8 Å². The topological polar surface area (TPSA) is 125 Å². The van der Waals surface area contributed by atoms with Crippen LogP contribution >= 0.6 is 11.6 Å². The third-order valence-corrected chi connectivity index (χ3v) is 4.51. The maximum Gasteiger partial charge on any atom is 0.289 e. The van der Waals surface area contributed by atoms with Gasteiger partial charge in [-0.1, -0.05) is 11.6 Å². The quantitative estimate of drug-likeness (QED) is 0.503. The van der Waals surface area contributed by atoms with Crippen molar-refractivity contribution in [1.82, 2.24) is 19.6 Å². The second-order valence-corrected chi connectivity index (χ2v) is 6.81. The molecule has 1 N–H and O–H groups in total. The Hall–Kier alpha value is -3.53. The highest BCUT2D eigenvalue weighted by Crippen LogP contribution is 2.27. The molecule has 3 rings (SSSR count). The van der Waals surface area contributed by atoms with Crippen LogP contribution in [-0.2, 0) is 4.79 Å².